The number of carbonyl (C=O) groups is 1. The third-order valence-corrected chi connectivity index (χ3v) is 5.96. The lowest BCUT2D eigenvalue weighted by atomic mass is 9.87. The van der Waals surface area contributed by atoms with E-state index >= 15 is 0 Å². The molecular formula is C21H22Cl2N6O. The topological polar surface area (TPSA) is 109 Å². The zero-order chi connectivity index (χ0) is 21.3. The zero-order valence-corrected chi connectivity index (χ0v) is 17.7. The summed E-state index contributed by atoms with van der Waals surface area (Å²) in [5.74, 6) is 0.230. The highest BCUT2D eigenvalue weighted by Crippen LogP contribution is 2.39. The first kappa shape index (κ1) is 20.5. The van der Waals surface area contributed by atoms with E-state index in [1.807, 2.05) is 29.2 Å². The average Bonchev–Trinajstić information content (AvgIpc) is 2.69. The molecule has 0 radical (unpaired) electrons. The van der Waals surface area contributed by atoms with E-state index in [1.165, 1.54) is 12.5 Å². The molecule has 2 aromatic rings. The van der Waals surface area contributed by atoms with Crippen LogP contribution in [-0.4, -0.2) is 23.5 Å². The van der Waals surface area contributed by atoms with Crippen LogP contribution < -0.4 is 21.7 Å². The fraction of sp³-hybridized carbons (Fsp3) is 0.286. The number of hydrogen-bond donors (Lipinski definition) is 3. The normalized spacial score (nSPS) is 18.0. The lowest BCUT2D eigenvalue weighted by molar-refractivity contribution is 0.102. The lowest BCUT2D eigenvalue weighted by Crippen LogP contribution is -2.58. The predicted molar refractivity (Wildman–Crippen MR) is 122 cm³/mol. The molecule has 1 aliphatic carbocycles. The highest BCUT2D eigenvalue weighted by Gasteiger charge is 2.42. The molecule has 2 aliphatic rings. The van der Waals surface area contributed by atoms with Crippen LogP contribution in [0.2, 0.25) is 10.0 Å². The SMILES string of the molecule is NC1=NC2(CCCCC2)N(c2ccc(NC(=O)c3ccc(Cl)cc3Cl)cc2)C(N)=N1. The number of nitrogens with two attached hydrogens (primary N) is 2. The minimum absolute atomic E-state index is 0.217. The molecular weight excluding hydrogens is 423 g/mol. The van der Waals surface area contributed by atoms with E-state index in [-0.39, 0.29) is 11.9 Å². The van der Waals surface area contributed by atoms with Crippen molar-refractivity contribution >= 4 is 52.4 Å². The summed E-state index contributed by atoms with van der Waals surface area (Å²) in [4.78, 5) is 23.3. The second-order valence-corrected chi connectivity index (χ2v) is 8.29. The Balaban J connectivity index is 1.57. The Morgan fingerprint density at radius 3 is 2.40 bits per heavy atom. The standard InChI is InChI=1S/C21H22Cl2N6O/c22-13-4-9-16(17(23)12-13)18(30)26-14-5-7-15(8-6-14)29-20(25)27-19(24)28-21(29)10-2-1-3-11-21/h4-9,12H,1-3,10-11H2,(H,26,30)(H4,24,25,27,28). The number of rotatable bonds is 3. The monoisotopic (exact) mass is 444 g/mol. The first-order valence-electron chi connectivity index (χ1n) is 9.74. The summed E-state index contributed by atoms with van der Waals surface area (Å²) in [6.45, 7) is 0. The van der Waals surface area contributed by atoms with Crippen molar-refractivity contribution in [3.8, 4) is 0 Å². The minimum Gasteiger partial charge on any atom is -0.369 e. The van der Waals surface area contributed by atoms with Gasteiger partial charge in [-0.25, -0.2) is 4.99 Å². The molecule has 5 N–H and O–H groups in total. The Morgan fingerprint density at radius 2 is 1.73 bits per heavy atom. The molecule has 30 heavy (non-hydrogen) atoms. The smallest absolute Gasteiger partial charge is 0.257 e. The van der Waals surface area contributed by atoms with Gasteiger partial charge >= 0.3 is 0 Å². The quantitative estimate of drug-likeness (QED) is 0.652. The van der Waals surface area contributed by atoms with Crippen LogP contribution in [0.1, 0.15) is 42.5 Å². The fourth-order valence-corrected chi connectivity index (χ4v) is 4.56. The number of benzene rings is 2. The maximum absolute atomic E-state index is 12.5. The van der Waals surface area contributed by atoms with E-state index in [2.05, 4.69) is 15.3 Å². The molecule has 0 aromatic heterocycles. The molecule has 156 valence electrons. The van der Waals surface area contributed by atoms with Crippen LogP contribution in [0.4, 0.5) is 11.4 Å². The van der Waals surface area contributed by atoms with Crippen LogP contribution >= 0.6 is 23.2 Å². The van der Waals surface area contributed by atoms with Gasteiger partial charge in [0.05, 0.1) is 10.6 Å². The summed E-state index contributed by atoms with van der Waals surface area (Å²) in [6, 6.07) is 12.1. The maximum atomic E-state index is 12.5. The number of aliphatic imine (C=N–C) groups is 2. The Labute approximate surface area is 184 Å². The van der Waals surface area contributed by atoms with Gasteiger partial charge in [-0.3, -0.25) is 9.69 Å². The minimum atomic E-state index is -0.504. The summed E-state index contributed by atoms with van der Waals surface area (Å²) in [6.07, 6.45) is 4.99. The summed E-state index contributed by atoms with van der Waals surface area (Å²) < 4.78 is 0. The Bertz CT molecular complexity index is 1030. The van der Waals surface area contributed by atoms with Gasteiger partial charge in [-0.05, 0) is 68.1 Å². The molecule has 0 unspecified atom stereocenters. The molecule has 0 bridgehead atoms. The van der Waals surface area contributed by atoms with Crippen LogP contribution in [0.3, 0.4) is 0 Å². The zero-order valence-electron chi connectivity index (χ0n) is 16.2. The number of anilines is 2. The number of carbonyl (C=O) groups excluding carboxylic acids is 1. The van der Waals surface area contributed by atoms with E-state index < -0.39 is 5.66 Å². The van der Waals surface area contributed by atoms with Gasteiger partial charge in [0.1, 0.15) is 5.66 Å². The average molecular weight is 445 g/mol. The molecule has 0 atom stereocenters. The van der Waals surface area contributed by atoms with Crippen LogP contribution in [0.15, 0.2) is 52.4 Å². The molecule has 2 aromatic carbocycles. The van der Waals surface area contributed by atoms with Crippen molar-refractivity contribution in [2.45, 2.75) is 37.8 Å². The van der Waals surface area contributed by atoms with Crippen LogP contribution in [-0.2, 0) is 0 Å². The van der Waals surface area contributed by atoms with Crippen molar-refractivity contribution < 1.29 is 4.79 Å². The van der Waals surface area contributed by atoms with Gasteiger partial charge in [0.25, 0.3) is 5.91 Å². The van der Waals surface area contributed by atoms with Crippen molar-refractivity contribution in [3.05, 3.63) is 58.1 Å². The summed E-state index contributed by atoms with van der Waals surface area (Å²) in [7, 11) is 0. The van der Waals surface area contributed by atoms with Gasteiger partial charge < -0.3 is 16.8 Å². The van der Waals surface area contributed by atoms with E-state index in [0.29, 0.717) is 27.3 Å². The molecule has 1 amide bonds. The molecule has 1 fully saturated rings. The van der Waals surface area contributed by atoms with E-state index in [1.54, 1.807) is 12.1 Å². The van der Waals surface area contributed by atoms with Crippen molar-refractivity contribution in [2.24, 2.45) is 21.5 Å². The predicted octanol–water partition coefficient (Wildman–Crippen LogP) is 4.36. The van der Waals surface area contributed by atoms with Crippen molar-refractivity contribution in [3.63, 3.8) is 0 Å². The van der Waals surface area contributed by atoms with E-state index in [4.69, 9.17) is 34.7 Å². The first-order chi connectivity index (χ1) is 14.4. The molecule has 1 spiro atoms. The second kappa shape index (κ2) is 8.16. The van der Waals surface area contributed by atoms with Gasteiger partial charge in [-0.1, -0.05) is 29.6 Å². The van der Waals surface area contributed by atoms with Crippen LogP contribution in [0, 0.1) is 0 Å². The number of nitrogens with zero attached hydrogens (tertiary/aromatic N) is 3. The largest absolute Gasteiger partial charge is 0.369 e. The molecule has 1 saturated carbocycles. The molecule has 7 nitrogen and oxygen atoms in total. The highest BCUT2D eigenvalue weighted by atomic mass is 35.5. The third-order valence-electron chi connectivity index (χ3n) is 5.41. The second-order valence-electron chi connectivity index (χ2n) is 7.44. The van der Waals surface area contributed by atoms with E-state index in [9.17, 15) is 4.79 Å². The van der Waals surface area contributed by atoms with Crippen molar-refractivity contribution in [2.75, 3.05) is 10.2 Å². The molecule has 9 heteroatoms. The van der Waals surface area contributed by atoms with Crippen molar-refractivity contribution in [1.29, 1.82) is 0 Å². The van der Waals surface area contributed by atoms with Crippen LogP contribution in [0.5, 0.6) is 0 Å². The fourth-order valence-electron chi connectivity index (χ4n) is 4.06. The number of hydrogen-bond acceptors (Lipinski definition) is 6. The first-order valence-corrected chi connectivity index (χ1v) is 10.5. The van der Waals surface area contributed by atoms with Gasteiger partial charge in [0.15, 0.2) is 0 Å². The Kier molecular flexibility index (Phi) is 5.58. The lowest BCUT2D eigenvalue weighted by Gasteiger charge is -2.45. The molecule has 1 aliphatic heterocycles. The summed E-state index contributed by atoms with van der Waals surface area (Å²) >= 11 is 12.0. The van der Waals surface area contributed by atoms with Crippen molar-refractivity contribution in [1.82, 2.24) is 0 Å². The molecule has 4 rings (SSSR count). The van der Waals surface area contributed by atoms with Crippen LogP contribution in [0.25, 0.3) is 0 Å². The summed E-state index contributed by atoms with van der Waals surface area (Å²) in [5.41, 5.74) is 13.5. The van der Waals surface area contributed by atoms with Gasteiger partial charge in [-0.2, -0.15) is 4.99 Å². The van der Waals surface area contributed by atoms with Gasteiger partial charge in [0.2, 0.25) is 11.9 Å². The third kappa shape index (κ3) is 3.95. The highest BCUT2D eigenvalue weighted by molar-refractivity contribution is 6.37. The summed E-state index contributed by atoms with van der Waals surface area (Å²) in [5, 5.41) is 3.61. The maximum Gasteiger partial charge on any atom is 0.257 e. The van der Waals surface area contributed by atoms with E-state index in [0.717, 1.165) is 31.4 Å². The number of guanidine groups is 2. The Morgan fingerprint density at radius 1 is 1.03 bits per heavy atom. The van der Waals surface area contributed by atoms with Gasteiger partial charge in [-0.15, -0.1) is 0 Å². The van der Waals surface area contributed by atoms with Gasteiger partial charge in [0, 0.05) is 16.4 Å². The number of amides is 1. The number of nitrogens with one attached hydrogen (secondary N) is 1. The molecule has 1 heterocycles. The Hall–Kier alpha value is -2.77. The number of halogens is 2. The molecule has 0 saturated heterocycles.